The van der Waals surface area contributed by atoms with Crippen molar-refractivity contribution in [1.29, 1.82) is 0 Å². The average Bonchev–Trinajstić information content (AvgIpc) is 2.53. The molecule has 5 heteroatoms. The number of fused-ring (bicyclic) bond motifs is 1. The molecule has 0 aliphatic carbocycles. The van der Waals surface area contributed by atoms with Crippen LogP contribution >= 0.6 is 23.4 Å². The summed E-state index contributed by atoms with van der Waals surface area (Å²) in [5, 5.41) is 0.348. The number of amides is 1. The van der Waals surface area contributed by atoms with Crippen molar-refractivity contribution in [2.24, 2.45) is 10.7 Å². The average molecular weight is 305 g/mol. The standard InChI is InChI=1S/C15H13ClN2OS/c1-3-5-12-10(4-2)14(16)18-11-8-9(15(17)19)6-7-13(11)20-12/h3-8H,2H2,1H3,(H2,17,19)/b5-3-. The Morgan fingerprint density at radius 2 is 2.25 bits per heavy atom. The molecule has 1 aromatic carbocycles. The molecule has 1 aliphatic rings. The lowest BCUT2D eigenvalue weighted by atomic mass is 10.2. The summed E-state index contributed by atoms with van der Waals surface area (Å²) in [5.41, 5.74) is 7.10. The van der Waals surface area contributed by atoms with E-state index in [0.717, 1.165) is 15.4 Å². The lowest BCUT2D eigenvalue weighted by Crippen LogP contribution is -2.10. The van der Waals surface area contributed by atoms with Crippen molar-refractivity contribution in [2.45, 2.75) is 11.8 Å². The molecule has 1 aromatic rings. The normalized spacial score (nSPS) is 14.8. The third-order valence-corrected chi connectivity index (χ3v) is 4.12. The van der Waals surface area contributed by atoms with E-state index in [0.29, 0.717) is 16.4 Å². The van der Waals surface area contributed by atoms with Crippen LogP contribution in [0.1, 0.15) is 17.3 Å². The SMILES string of the molecule is C=CC1=C(/C=C\C)Sc2ccc(C(N)=O)cc2N=C1Cl. The molecular weight excluding hydrogens is 292 g/mol. The van der Waals surface area contributed by atoms with Crippen LogP contribution in [0, 0.1) is 0 Å². The van der Waals surface area contributed by atoms with Gasteiger partial charge in [-0.05, 0) is 25.1 Å². The first-order chi connectivity index (χ1) is 9.56. The van der Waals surface area contributed by atoms with Crippen molar-refractivity contribution in [3.8, 4) is 0 Å². The quantitative estimate of drug-likeness (QED) is 0.911. The number of allylic oxidation sites excluding steroid dienone is 4. The molecular formula is C15H13ClN2OS. The van der Waals surface area contributed by atoms with E-state index < -0.39 is 5.91 Å². The number of rotatable bonds is 3. The molecule has 0 saturated carbocycles. The molecule has 0 bridgehead atoms. The van der Waals surface area contributed by atoms with Crippen LogP contribution in [0.4, 0.5) is 5.69 Å². The topological polar surface area (TPSA) is 55.5 Å². The zero-order chi connectivity index (χ0) is 14.7. The highest BCUT2D eigenvalue weighted by molar-refractivity contribution is 8.03. The van der Waals surface area contributed by atoms with Gasteiger partial charge in [0.2, 0.25) is 5.91 Å². The van der Waals surface area contributed by atoms with Gasteiger partial charge >= 0.3 is 0 Å². The summed E-state index contributed by atoms with van der Waals surface area (Å²) >= 11 is 7.76. The monoisotopic (exact) mass is 304 g/mol. The summed E-state index contributed by atoms with van der Waals surface area (Å²) in [6.45, 7) is 5.70. The Labute approximate surface area is 126 Å². The second-order valence-corrected chi connectivity index (χ2v) is 5.48. The van der Waals surface area contributed by atoms with Gasteiger partial charge in [0, 0.05) is 20.9 Å². The summed E-state index contributed by atoms with van der Waals surface area (Å²) in [6.07, 6.45) is 5.56. The predicted octanol–water partition coefficient (Wildman–Crippen LogP) is 4.18. The van der Waals surface area contributed by atoms with E-state index in [2.05, 4.69) is 11.6 Å². The first kappa shape index (κ1) is 14.6. The lowest BCUT2D eigenvalue weighted by molar-refractivity contribution is 0.100. The molecule has 20 heavy (non-hydrogen) atoms. The van der Waals surface area contributed by atoms with Gasteiger partial charge in [0.05, 0.1) is 5.69 Å². The molecule has 0 atom stereocenters. The minimum Gasteiger partial charge on any atom is -0.366 e. The first-order valence-electron chi connectivity index (χ1n) is 5.92. The highest BCUT2D eigenvalue weighted by atomic mass is 35.5. The highest BCUT2D eigenvalue weighted by Gasteiger charge is 2.17. The molecule has 1 amide bonds. The summed E-state index contributed by atoms with van der Waals surface area (Å²) in [4.78, 5) is 17.5. The number of benzene rings is 1. The third kappa shape index (κ3) is 2.86. The second-order valence-electron chi connectivity index (χ2n) is 4.03. The Balaban J connectivity index is 2.60. The van der Waals surface area contributed by atoms with Crippen LogP contribution in [0.25, 0.3) is 0 Å². The molecule has 2 rings (SSSR count). The van der Waals surface area contributed by atoms with Gasteiger partial charge in [0.15, 0.2) is 0 Å². The summed E-state index contributed by atoms with van der Waals surface area (Å²) < 4.78 is 0. The third-order valence-electron chi connectivity index (χ3n) is 2.69. The van der Waals surface area contributed by atoms with Gasteiger partial charge in [-0.25, -0.2) is 4.99 Å². The Kier molecular flexibility index (Phi) is 4.47. The maximum absolute atomic E-state index is 11.2. The predicted molar refractivity (Wildman–Crippen MR) is 85.8 cm³/mol. The van der Waals surface area contributed by atoms with Gasteiger partial charge in [-0.1, -0.05) is 48.2 Å². The molecule has 1 heterocycles. The van der Waals surface area contributed by atoms with Gasteiger partial charge in [0.25, 0.3) is 0 Å². The van der Waals surface area contributed by atoms with E-state index in [4.69, 9.17) is 17.3 Å². The van der Waals surface area contributed by atoms with Crippen LogP contribution in [0.15, 0.2) is 63.4 Å². The van der Waals surface area contributed by atoms with Crippen LogP contribution < -0.4 is 5.73 Å². The van der Waals surface area contributed by atoms with Crippen molar-refractivity contribution >= 4 is 40.1 Å². The Bertz CT molecular complexity index is 674. The number of carbonyl (C=O) groups excluding carboxylic acids is 1. The van der Waals surface area contributed by atoms with Crippen molar-refractivity contribution in [3.05, 3.63) is 59.0 Å². The van der Waals surface area contributed by atoms with E-state index in [-0.39, 0.29) is 0 Å². The van der Waals surface area contributed by atoms with Gasteiger partial charge < -0.3 is 5.73 Å². The summed E-state index contributed by atoms with van der Waals surface area (Å²) in [5.74, 6) is -0.487. The maximum Gasteiger partial charge on any atom is 0.248 e. The van der Waals surface area contributed by atoms with Crippen molar-refractivity contribution in [1.82, 2.24) is 0 Å². The Morgan fingerprint density at radius 1 is 1.50 bits per heavy atom. The number of thioether (sulfide) groups is 1. The van der Waals surface area contributed by atoms with Crippen molar-refractivity contribution < 1.29 is 4.79 Å². The minimum absolute atomic E-state index is 0.348. The number of primary amides is 1. The first-order valence-corrected chi connectivity index (χ1v) is 7.12. The number of hydrogen-bond acceptors (Lipinski definition) is 3. The largest absolute Gasteiger partial charge is 0.366 e. The molecule has 0 spiro atoms. The fourth-order valence-corrected chi connectivity index (χ4v) is 3.15. The van der Waals surface area contributed by atoms with Crippen molar-refractivity contribution in [2.75, 3.05) is 0 Å². The number of hydrogen-bond donors (Lipinski definition) is 1. The number of aliphatic imine (C=N–C) groups is 1. The molecule has 0 saturated heterocycles. The fourth-order valence-electron chi connectivity index (χ4n) is 1.75. The molecule has 0 fully saturated rings. The molecule has 1 aliphatic heterocycles. The van der Waals surface area contributed by atoms with Gasteiger partial charge in [-0.2, -0.15) is 0 Å². The molecule has 0 aromatic heterocycles. The van der Waals surface area contributed by atoms with Crippen LogP contribution in [0.2, 0.25) is 0 Å². The molecule has 102 valence electrons. The van der Waals surface area contributed by atoms with Crippen LogP contribution in [-0.2, 0) is 0 Å². The minimum atomic E-state index is -0.487. The molecule has 2 N–H and O–H groups in total. The second kappa shape index (κ2) is 6.11. The number of halogens is 1. The zero-order valence-corrected chi connectivity index (χ0v) is 12.5. The van der Waals surface area contributed by atoms with E-state index in [1.807, 2.05) is 25.1 Å². The Hall–Kier alpha value is -1.78. The number of nitrogens with two attached hydrogens (primary N) is 1. The molecule has 0 radical (unpaired) electrons. The van der Waals surface area contributed by atoms with Crippen molar-refractivity contribution in [3.63, 3.8) is 0 Å². The molecule has 0 unspecified atom stereocenters. The smallest absolute Gasteiger partial charge is 0.248 e. The maximum atomic E-state index is 11.2. The van der Waals surface area contributed by atoms with Crippen LogP contribution in [0.3, 0.4) is 0 Å². The van der Waals surface area contributed by atoms with E-state index >= 15 is 0 Å². The molecule has 3 nitrogen and oxygen atoms in total. The van der Waals surface area contributed by atoms with Gasteiger partial charge in [0.1, 0.15) is 5.17 Å². The van der Waals surface area contributed by atoms with Crippen LogP contribution in [-0.4, -0.2) is 11.1 Å². The van der Waals surface area contributed by atoms with Gasteiger partial charge in [-0.15, -0.1) is 0 Å². The lowest BCUT2D eigenvalue weighted by Gasteiger charge is -2.05. The number of nitrogens with zero attached hydrogens (tertiary/aromatic N) is 1. The number of carbonyl (C=O) groups is 1. The van der Waals surface area contributed by atoms with E-state index in [1.54, 1.807) is 18.2 Å². The van der Waals surface area contributed by atoms with E-state index in [1.165, 1.54) is 11.8 Å². The summed E-state index contributed by atoms with van der Waals surface area (Å²) in [6, 6.07) is 5.15. The van der Waals surface area contributed by atoms with Crippen LogP contribution in [0.5, 0.6) is 0 Å². The zero-order valence-electron chi connectivity index (χ0n) is 10.9. The van der Waals surface area contributed by atoms with Gasteiger partial charge in [-0.3, -0.25) is 4.79 Å². The summed E-state index contributed by atoms with van der Waals surface area (Å²) in [7, 11) is 0. The fraction of sp³-hybridized carbons (Fsp3) is 0.0667. The highest BCUT2D eigenvalue weighted by Crippen LogP contribution is 2.41. The van der Waals surface area contributed by atoms with E-state index in [9.17, 15) is 4.79 Å². The Morgan fingerprint density at radius 3 is 2.85 bits per heavy atom.